The number of aryl methyl sites for hydroxylation is 1. The summed E-state index contributed by atoms with van der Waals surface area (Å²) < 4.78 is 11.4. The molecule has 1 aliphatic heterocycles. The van der Waals surface area contributed by atoms with Crippen molar-refractivity contribution in [2.75, 3.05) is 6.54 Å². The van der Waals surface area contributed by atoms with Crippen LogP contribution in [0.3, 0.4) is 0 Å². The second-order valence-electron chi connectivity index (χ2n) is 8.05. The van der Waals surface area contributed by atoms with Crippen molar-refractivity contribution in [1.82, 2.24) is 14.9 Å². The Labute approximate surface area is 169 Å². The van der Waals surface area contributed by atoms with Crippen molar-refractivity contribution in [3.05, 3.63) is 28.9 Å². The van der Waals surface area contributed by atoms with Crippen LogP contribution in [0.4, 0.5) is 4.79 Å². The molecular weight excluding hydrogens is 382 g/mol. The standard InChI is InChI=1S/C20H24ClN3O4/c1-11-6-7-14-15(8-11)23-18(17(21)22-14)27-13-9-16(12(2)25)24(10-13)19(26)28-20(3,4)5/h6-8,13,16H,9-10H2,1-5H3/t13-,16+/m1/s1. The zero-order valence-electron chi connectivity index (χ0n) is 16.7. The van der Waals surface area contributed by atoms with E-state index < -0.39 is 23.8 Å². The lowest BCUT2D eigenvalue weighted by molar-refractivity contribution is -0.121. The Bertz CT molecular complexity index is 926. The van der Waals surface area contributed by atoms with Crippen LogP contribution in [0.2, 0.25) is 5.15 Å². The molecular formula is C20H24ClN3O4. The molecule has 1 amide bonds. The Hall–Kier alpha value is -2.41. The summed E-state index contributed by atoms with van der Waals surface area (Å²) >= 11 is 6.24. The van der Waals surface area contributed by atoms with Gasteiger partial charge < -0.3 is 9.47 Å². The van der Waals surface area contributed by atoms with Gasteiger partial charge in [-0.1, -0.05) is 17.7 Å². The lowest BCUT2D eigenvalue weighted by atomic mass is 10.1. The first-order chi connectivity index (χ1) is 13.0. The second-order valence-corrected chi connectivity index (χ2v) is 8.40. The van der Waals surface area contributed by atoms with Crippen LogP contribution in [0.1, 0.15) is 39.7 Å². The lowest BCUT2D eigenvalue weighted by Crippen LogP contribution is -2.43. The van der Waals surface area contributed by atoms with Crippen molar-refractivity contribution in [3.63, 3.8) is 0 Å². The third-order valence-corrected chi connectivity index (χ3v) is 4.63. The van der Waals surface area contributed by atoms with Crippen LogP contribution >= 0.6 is 11.6 Å². The molecule has 1 fully saturated rings. The number of amides is 1. The minimum absolute atomic E-state index is 0.122. The number of carbonyl (C=O) groups excluding carboxylic acids is 2. The normalized spacial score (nSPS) is 19.7. The zero-order valence-corrected chi connectivity index (χ0v) is 17.4. The number of carbonyl (C=O) groups is 2. The van der Waals surface area contributed by atoms with Crippen molar-refractivity contribution >= 4 is 34.5 Å². The van der Waals surface area contributed by atoms with Gasteiger partial charge in [-0.05, 0) is 52.3 Å². The molecule has 0 bridgehead atoms. The van der Waals surface area contributed by atoms with E-state index in [-0.39, 0.29) is 23.4 Å². The van der Waals surface area contributed by atoms with Gasteiger partial charge in [0.25, 0.3) is 5.88 Å². The van der Waals surface area contributed by atoms with E-state index in [4.69, 9.17) is 21.1 Å². The largest absolute Gasteiger partial charge is 0.470 e. The molecule has 1 aromatic carbocycles. The van der Waals surface area contributed by atoms with Gasteiger partial charge in [-0.3, -0.25) is 9.69 Å². The van der Waals surface area contributed by atoms with Crippen LogP contribution in [0, 0.1) is 6.92 Å². The van der Waals surface area contributed by atoms with E-state index in [9.17, 15) is 9.59 Å². The van der Waals surface area contributed by atoms with E-state index in [2.05, 4.69) is 9.97 Å². The summed E-state index contributed by atoms with van der Waals surface area (Å²) in [5.74, 6) is 0.0707. The number of ketones is 1. The highest BCUT2D eigenvalue weighted by Gasteiger charge is 2.41. The molecule has 3 rings (SSSR count). The maximum absolute atomic E-state index is 12.5. The first kappa shape index (κ1) is 20.3. The first-order valence-electron chi connectivity index (χ1n) is 9.14. The molecule has 2 aromatic rings. The molecule has 1 saturated heterocycles. The summed E-state index contributed by atoms with van der Waals surface area (Å²) in [5, 5.41) is 0.145. The first-order valence-corrected chi connectivity index (χ1v) is 9.52. The van der Waals surface area contributed by atoms with E-state index in [0.717, 1.165) is 5.56 Å². The topological polar surface area (TPSA) is 81.6 Å². The van der Waals surface area contributed by atoms with Crippen LogP contribution in [-0.2, 0) is 9.53 Å². The van der Waals surface area contributed by atoms with Crippen LogP contribution in [-0.4, -0.2) is 51.0 Å². The Morgan fingerprint density at radius 3 is 2.57 bits per heavy atom. The smallest absolute Gasteiger partial charge is 0.411 e. The molecule has 0 spiro atoms. The highest BCUT2D eigenvalue weighted by atomic mass is 35.5. The Morgan fingerprint density at radius 2 is 1.93 bits per heavy atom. The van der Waals surface area contributed by atoms with Gasteiger partial charge in [0.1, 0.15) is 11.7 Å². The fourth-order valence-corrected chi connectivity index (χ4v) is 3.33. The van der Waals surface area contributed by atoms with Gasteiger partial charge >= 0.3 is 6.09 Å². The molecule has 1 aliphatic rings. The highest BCUT2D eigenvalue weighted by Crippen LogP contribution is 2.29. The molecule has 0 radical (unpaired) electrons. The van der Waals surface area contributed by atoms with Gasteiger partial charge in [-0.25, -0.2) is 14.8 Å². The number of aromatic nitrogens is 2. The molecule has 0 N–H and O–H groups in total. The molecule has 8 heteroatoms. The summed E-state index contributed by atoms with van der Waals surface area (Å²) in [7, 11) is 0. The molecule has 28 heavy (non-hydrogen) atoms. The number of rotatable bonds is 3. The molecule has 2 heterocycles. The molecule has 150 valence electrons. The predicted molar refractivity (Wildman–Crippen MR) is 106 cm³/mol. The maximum Gasteiger partial charge on any atom is 0.411 e. The number of nitrogens with zero attached hydrogens (tertiary/aromatic N) is 3. The van der Waals surface area contributed by atoms with E-state index in [1.807, 2.05) is 25.1 Å². The third kappa shape index (κ3) is 4.52. The summed E-state index contributed by atoms with van der Waals surface area (Å²) in [6.45, 7) is 8.97. The number of ether oxygens (including phenoxy) is 2. The minimum atomic E-state index is -0.650. The SMILES string of the molecule is CC(=O)[C@@H]1C[C@@H](Oc2nc3cc(C)ccc3nc2Cl)CN1C(=O)OC(C)(C)C. The van der Waals surface area contributed by atoms with E-state index in [0.29, 0.717) is 17.5 Å². The number of benzene rings is 1. The lowest BCUT2D eigenvalue weighted by Gasteiger charge is -2.27. The third-order valence-electron chi connectivity index (χ3n) is 4.39. The van der Waals surface area contributed by atoms with E-state index in [1.165, 1.54) is 11.8 Å². The van der Waals surface area contributed by atoms with Gasteiger partial charge in [0.05, 0.1) is 23.6 Å². The fraction of sp³-hybridized carbons (Fsp3) is 0.500. The summed E-state index contributed by atoms with van der Waals surface area (Å²) in [5.41, 5.74) is 1.74. The number of Topliss-reactive ketones (excluding diaryl/α,β-unsaturated/α-hetero) is 1. The number of halogens is 1. The number of fused-ring (bicyclic) bond motifs is 1. The van der Waals surface area contributed by atoms with Crippen molar-refractivity contribution in [3.8, 4) is 5.88 Å². The molecule has 0 unspecified atom stereocenters. The number of hydrogen-bond acceptors (Lipinski definition) is 6. The van der Waals surface area contributed by atoms with Gasteiger partial charge in [-0.2, -0.15) is 0 Å². The zero-order chi connectivity index (χ0) is 20.6. The Morgan fingerprint density at radius 1 is 1.21 bits per heavy atom. The van der Waals surface area contributed by atoms with E-state index in [1.54, 1.807) is 20.8 Å². The van der Waals surface area contributed by atoms with Crippen LogP contribution in [0.25, 0.3) is 11.0 Å². The van der Waals surface area contributed by atoms with Crippen LogP contribution < -0.4 is 4.74 Å². The summed E-state index contributed by atoms with van der Waals surface area (Å²) in [6, 6.07) is 5.07. The predicted octanol–water partition coefficient (Wildman–Crippen LogP) is 3.94. The molecule has 1 aromatic heterocycles. The molecule has 0 saturated carbocycles. The van der Waals surface area contributed by atoms with Gasteiger partial charge in [-0.15, -0.1) is 0 Å². The average molecular weight is 406 g/mol. The Kier molecular flexibility index (Phi) is 5.48. The summed E-state index contributed by atoms with van der Waals surface area (Å²) in [4.78, 5) is 34.7. The van der Waals surface area contributed by atoms with Crippen LogP contribution in [0.5, 0.6) is 5.88 Å². The number of hydrogen-bond donors (Lipinski definition) is 0. The molecule has 2 atom stereocenters. The highest BCUT2D eigenvalue weighted by molar-refractivity contribution is 6.31. The molecule has 7 nitrogen and oxygen atoms in total. The average Bonchev–Trinajstić information content (AvgIpc) is 2.99. The fourth-order valence-electron chi connectivity index (χ4n) is 3.15. The monoisotopic (exact) mass is 405 g/mol. The van der Waals surface area contributed by atoms with Gasteiger partial charge in [0.2, 0.25) is 0 Å². The number of likely N-dealkylation sites (tertiary alicyclic amines) is 1. The van der Waals surface area contributed by atoms with Crippen LogP contribution in [0.15, 0.2) is 18.2 Å². The van der Waals surface area contributed by atoms with Crippen molar-refractivity contribution in [2.24, 2.45) is 0 Å². The van der Waals surface area contributed by atoms with Crippen molar-refractivity contribution in [2.45, 2.75) is 58.8 Å². The maximum atomic E-state index is 12.5. The molecule has 0 aliphatic carbocycles. The summed E-state index contributed by atoms with van der Waals surface area (Å²) in [6.07, 6.45) is -0.626. The van der Waals surface area contributed by atoms with Crippen molar-refractivity contribution < 1.29 is 19.1 Å². The van der Waals surface area contributed by atoms with Gasteiger partial charge in [0, 0.05) is 6.42 Å². The second kappa shape index (κ2) is 7.54. The Balaban J connectivity index is 1.81. The van der Waals surface area contributed by atoms with E-state index >= 15 is 0 Å². The quantitative estimate of drug-likeness (QED) is 0.769. The minimum Gasteiger partial charge on any atom is -0.470 e. The van der Waals surface area contributed by atoms with Crippen molar-refractivity contribution in [1.29, 1.82) is 0 Å². The van der Waals surface area contributed by atoms with Gasteiger partial charge in [0.15, 0.2) is 10.9 Å².